The number of aromatic nitrogens is 2. The van der Waals surface area contributed by atoms with Crippen LogP contribution in [0.2, 0.25) is 0 Å². The smallest absolute Gasteiger partial charge is 0.261 e. The van der Waals surface area contributed by atoms with Crippen molar-refractivity contribution in [3.63, 3.8) is 0 Å². The maximum Gasteiger partial charge on any atom is 0.261 e. The van der Waals surface area contributed by atoms with E-state index in [-0.39, 0.29) is 18.1 Å². The summed E-state index contributed by atoms with van der Waals surface area (Å²) in [5, 5.41) is 9.64. The van der Waals surface area contributed by atoms with Gasteiger partial charge in [-0.15, -0.1) is 0 Å². The number of nitrogens with zero attached hydrogens (tertiary/aromatic N) is 2. The molecule has 0 aliphatic rings. The van der Waals surface area contributed by atoms with Crippen molar-refractivity contribution in [3.8, 4) is 0 Å². The third kappa shape index (κ3) is 3.16. The predicted molar refractivity (Wildman–Crippen MR) is 79.4 cm³/mol. The van der Waals surface area contributed by atoms with Crippen LogP contribution in [0, 0.1) is 5.92 Å². The molecule has 0 aliphatic carbocycles. The Morgan fingerprint density at radius 1 is 1.42 bits per heavy atom. The Morgan fingerprint density at radius 2 is 2.16 bits per heavy atom. The minimum Gasteiger partial charge on any atom is -0.396 e. The summed E-state index contributed by atoms with van der Waals surface area (Å²) in [6.07, 6.45) is 0. The summed E-state index contributed by atoms with van der Waals surface area (Å²) in [7, 11) is 1.76. The van der Waals surface area contributed by atoms with E-state index in [1.807, 2.05) is 25.1 Å². The van der Waals surface area contributed by atoms with Crippen molar-refractivity contribution in [2.24, 2.45) is 13.0 Å². The number of benzene rings is 1. The normalized spacial score (nSPS) is 12.8. The Labute approximate surface area is 116 Å². The quantitative estimate of drug-likeness (QED) is 0.906. The van der Waals surface area contributed by atoms with Crippen LogP contribution in [0.25, 0.3) is 10.9 Å². The second kappa shape index (κ2) is 6.21. The first kappa shape index (κ1) is 14.1. The fraction of sp³-hybridized carbons (Fsp3) is 0.429. The molecule has 2 aromatic rings. The van der Waals surface area contributed by atoms with Crippen LogP contribution in [0.15, 0.2) is 29.1 Å². The van der Waals surface area contributed by atoms with Crippen molar-refractivity contribution in [3.05, 3.63) is 40.4 Å². The number of rotatable bonds is 5. The summed E-state index contributed by atoms with van der Waals surface area (Å²) in [6, 6.07) is 7.40. The highest BCUT2D eigenvalue weighted by atomic mass is 32.2. The van der Waals surface area contributed by atoms with E-state index in [1.54, 1.807) is 29.4 Å². The van der Waals surface area contributed by atoms with Crippen LogP contribution in [-0.4, -0.2) is 27.0 Å². The molecule has 0 radical (unpaired) electrons. The molecule has 0 bridgehead atoms. The third-order valence-electron chi connectivity index (χ3n) is 3.02. The van der Waals surface area contributed by atoms with Gasteiger partial charge in [0.15, 0.2) is 0 Å². The van der Waals surface area contributed by atoms with Gasteiger partial charge in [0, 0.05) is 13.7 Å². The van der Waals surface area contributed by atoms with Crippen molar-refractivity contribution >= 4 is 22.7 Å². The maximum absolute atomic E-state index is 12.2. The van der Waals surface area contributed by atoms with Gasteiger partial charge in [0.05, 0.1) is 16.7 Å². The predicted octanol–water partition coefficient (Wildman–Crippen LogP) is 1.80. The van der Waals surface area contributed by atoms with Crippen molar-refractivity contribution in [2.45, 2.75) is 12.7 Å². The first-order chi connectivity index (χ1) is 9.13. The van der Waals surface area contributed by atoms with E-state index < -0.39 is 0 Å². The second-order valence-electron chi connectivity index (χ2n) is 4.71. The van der Waals surface area contributed by atoms with Crippen molar-refractivity contribution in [1.29, 1.82) is 0 Å². The molecule has 1 atom stereocenters. The molecule has 1 N–H and O–H groups in total. The molecule has 19 heavy (non-hydrogen) atoms. The first-order valence-corrected chi connectivity index (χ1v) is 7.42. The number of aliphatic hydroxyl groups is 1. The lowest BCUT2D eigenvalue weighted by Crippen LogP contribution is -2.22. The lowest BCUT2D eigenvalue weighted by molar-refractivity contribution is 0.250. The number of para-hydroxylation sites is 1. The molecule has 5 heteroatoms. The number of aliphatic hydroxyl groups excluding tert-OH is 1. The summed E-state index contributed by atoms with van der Waals surface area (Å²) in [5.41, 5.74) is 0.743. The van der Waals surface area contributed by atoms with Crippen LogP contribution in [0.3, 0.4) is 0 Å². The van der Waals surface area contributed by atoms with E-state index in [4.69, 9.17) is 5.11 Å². The minimum atomic E-state index is -0.00333. The maximum atomic E-state index is 12.2. The Kier molecular flexibility index (Phi) is 4.61. The Balaban J connectivity index is 2.24. The zero-order valence-electron chi connectivity index (χ0n) is 11.2. The Morgan fingerprint density at radius 3 is 2.89 bits per heavy atom. The van der Waals surface area contributed by atoms with Gasteiger partial charge in [0.1, 0.15) is 5.82 Å². The van der Waals surface area contributed by atoms with Gasteiger partial charge < -0.3 is 5.11 Å². The van der Waals surface area contributed by atoms with Gasteiger partial charge in [-0.3, -0.25) is 9.36 Å². The van der Waals surface area contributed by atoms with Crippen LogP contribution in [0.4, 0.5) is 0 Å². The number of hydrogen-bond acceptors (Lipinski definition) is 4. The van der Waals surface area contributed by atoms with E-state index in [1.165, 1.54) is 0 Å². The highest BCUT2D eigenvalue weighted by Crippen LogP contribution is 2.15. The van der Waals surface area contributed by atoms with E-state index in [0.29, 0.717) is 11.1 Å². The molecule has 1 unspecified atom stereocenters. The summed E-state index contributed by atoms with van der Waals surface area (Å²) in [5.74, 6) is 2.58. The standard InChI is InChI=1S/C14H18N2O2S/c1-10(7-17)8-19-9-13-15-12-6-4-3-5-11(12)14(18)16(13)2/h3-6,10,17H,7-9H2,1-2H3. The molecule has 1 heterocycles. The fourth-order valence-electron chi connectivity index (χ4n) is 1.80. The summed E-state index contributed by atoms with van der Waals surface area (Å²) >= 11 is 1.69. The van der Waals surface area contributed by atoms with E-state index in [2.05, 4.69) is 4.98 Å². The van der Waals surface area contributed by atoms with Crippen LogP contribution in [0.5, 0.6) is 0 Å². The second-order valence-corrected chi connectivity index (χ2v) is 5.74. The Bertz CT molecular complexity index is 624. The molecular formula is C14H18N2O2S. The van der Waals surface area contributed by atoms with Gasteiger partial charge in [-0.1, -0.05) is 19.1 Å². The molecule has 0 saturated heterocycles. The molecule has 2 rings (SSSR count). The fourth-order valence-corrected chi connectivity index (χ4v) is 2.86. The molecule has 0 spiro atoms. The van der Waals surface area contributed by atoms with Crippen molar-refractivity contribution in [1.82, 2.24) is 9.55 Å². The third-order valence-corrected chi connectivity index (χ3v) is 4.29. The van der Waals surface area contributed by atoms with Crippen LogP contribution >= 0.6 is 11.8 Å². The lowest BCUT2D eigenvalue weighted by Gasteiger charge is -2.10. The molecule has 102 valence electrons. The molecule has 0 amide bonds. The van der Waals surface area contributed by atoms with Crippen LogP contribution in [-0.2, 0) is 12.8 Å². The lowest BCUT2D eigenvalue weighted by atomic mass is 10.2. The average Bonchev–Trinajstić information content (AvgIpc) is 2.44. The highest BCUT2D eigenvalue weighted by Gasteiger charge is 2.08. The molecule has 0 aliphatic heterocycles. The summed E-state index contributed by atoms with van der Waals surface area (Å²) in [6.45, 7) is 2.19. The molecule has 4 nitrogen and oxygen atoms in total. The number of hydrogen-bond donors (Lipinski definition) is 1. The Hall–Kier alpha value is -1.33. The van der Waals surface area contributed by atoms with Crippen LogP contribution in [0.1, 0.15) is 12.7 Å². The zero-order valence-corrected chi connectivity index (χ0v) is 12.0. The molecular weight excluding hydrogens is 260 g/mol. The van der Waals surface area contributed by atoms with Gasteiger partial charge in [0.2, 0.25) is 0 Å². The van der Waals surface area contributed by atoms with Gasteiger partial charge in [-0.2, -0.15) is 11.8 Å². The van der Waals surface area contributed by atoms with E-state index in [9.17, 15) is 4.79 Å². The summed E-state index contributed by atoms with van der Waals surface area (Å²) < 4.78 is 1.61. The van der Waals surface area contributed by atoms with Crippen molar-refractivity contribution < 1.29 is 5.11 Å². The highest BCUT2D eigenvalue weighted by molar-refractivity contribution is 7.98. The van der Waals surface area contributed by atoms with Gasteiger partial charge in [-0.05, 0) is 23.8 Å². The van der Waals surface area contributed by atoms with E-state index in [0.717, 1.165) is 17.1 Å². The minimum absolute atomic E-state index is 0.00333. The monoisotopic (exact) mass is 278 g/mol. The first-order valence-electron chi connectivity index (χ1n) is 6.26. The topological polar surface area (TPSA) is 55.1 Å². The van der Waals surface area contributed by atoms with Crippen molar-refractivity contribution in [2.75, 3.05) is 12.4 Å². The van der Waals surface area contributed by atoms with E-state index >= 15 is 0 Å². The SMILES string of the molecule is CC(CO)CSCc1nc2ccccc2c(=O)n1C. The number of fused-ring (bicyclic) bond motifs is 1. The largest absolute Gasteiger partial charge is 0.396 e. The zero-order chi connectivity index (χ0) is 13.8. The van der Waals surface area contributed by atoms with Crippen LogP contribution < -0.4 is 5.56 Å². The molecule has 0 saturated carbocycles. The van der Waals surface area contributed by atoms with Gasteiger partial charge >= 0.3 is 0 Å². The van der Waals surface area contributed by atoms with Gasteiger partial charge in [-0.25, -0.2) is 4.98 Å². The van der Waals surface area contributed by atoms with Gasteiger partial charge in [0.25, 0.3) is 5.56 Å². The number of thioether (sulfide) groups is 1. The molecule has 0 fully saturated rings. The molecule has 1 aromatic carbocycles. The summed E-state index contributed by atoms with van der Waals surface area (Å²) in [4.78, 5) is 16.7. The molecule has 1 aromatic heterocycles. The average molecular weight is 278 g/mol.